The molecule has 0 saturated heterocycles. The van der Waals surface area contributed by atoms with E-state index < -0.39 is 16.1 Å². The van der Waals surface area contributed by atoms with Crippen LogP contribution in [-0.4, -0.2) is 20.1 Å². The molecule has 1 aromatic carbocycles. The molecule has 0 saturated carbocycles. The fourth-order valence-electron chi connectivity index (χ4n) is 2.90. The number of benzene rings is 1. The Morgan fingerprint density at radius 3 is 2.08 bits per heavy atom. The second-order valence-electron chi connectivity index (χ2n) is 6.21. The molecule has 1 heterocycles. The Kier molecular flexibility index (Phi) is 5.52. The summed E-state index contributed by atoms with van der Waals surface area (Å²) in [6, 6.07) is 1.67. The Morgan fingerprint density at radius 1 is 1.04 bits per heavy atom. The van der Waals surface area contributed by atoms with E-state index in [1.165, 1.54) is 12.5 Å². The minimum Gasteiger partial charge on any atom is -0.472 e. The van der Waals surface area contributed by atoms with Gasteiger partial charge < -0.3 is 9.52 Å². The molecule has 0 aliphatic carbocycles. The standard InChI is InChI=1S/C18H25NO4S/c1-11-12(2)14(4)18(15(5)13(11)3)24(21,22)19-8-6-17(20)16-7-9-23-10-16/h7,9-10,17,19-20H,6,8H2,1-5H3. The predicted molar refractivity (Wildman–Crippen MR) is 93.6 cm³/mol. The zero-order valence-electron chi connectivity index (χ0n) is 14.8. The number of hydrogen-bond acceptors (Lipinski definition) is 4. The Hall–Kier alpha value is -1.63. The summed E-state index contributed by atoms with van der Waals surface area (Å²) < 4.78 is 33.0. The van der Waals surface area contributed by atoms with Crippen LogP contribution >= 0.6 is 0 Å². The van der Waals surface area contributed by atoms with Crippen molar-refractivity contribution in [2.75, 3.05) is 6.54 Å². The average Bonchev–Trinajstić information content (AvgIpc) is 3.05. The van der Waals surface area contributed by atoms with Crippen LogP contribution in [-0.2, 0) is 10.0 Å². The van der Waals surface area contributed by atoms with Gasteiger partial charge in [-0.25, -0.2) is 13.1 Å². The van der Waals surface area contributed by atoms with Gasteiger partial charge >= 0.3 is 0 Å². The monoisotopic (exact) mass is 351 g/mol. The van der Waals surface area contributed by atoms with Gasteiger partial charge in [0.25, 0.3) is 0 Å². The van der Waals surface area contributed by atoms with Crippen molar-refractivity contribution in [2.45, 2.75) is 52.0 Å². The highest BCUT2D eigenvalue weighted by Gasteiger charge is 2.23. The molecule has 0 aliphatic rings. The highest BCUT2D eigenvalue weighted by atomic mass is 32.2. The molecule has 0 radical (unpaired) electrons. The van der Waals surface area contributed by atoms with E-state index in [0.29, 0.717) is 10.5 Å². The van der Waals surface area contributed by atoms with Gasteiger partial charge in [0.2, 0.25) is 10.0 Å². The lowest BCUT2D eigenvalue weighted by atomic mass is 9.95. The zero-order chi connectivity index (χ0) is 18.1. The third-order valence-corrected chi connectivity index (χ3v) is 6.57. The smallest absolute Gasteiger partial charge is 0.241 e. The fraction of sp³-hybridized carbons (Fsp3) is 0.444. The van der Waals surface area contributed by atoms with Crippen LogP contribution in [0.3, 0.4) is 0 Å². The number of rotatable bonds is 6. The average molecular weight is 351 g/mol. The summed E-state index contributed by atoms with van der Waals surface area (Å²) in [4.78, 5) is 0.348. The summed E-state index contributed by atoms with van der Waals surface area (Å²) in [6.07, 6.45) is 2.46. The van der Waals surface area contributed by atoms with Gasteiger partial charge in [0, 0.05) is 12.1 Å². The van der Waals surface area contributed by atoms with E-state index in [-0.39, 0.29) is 13.0 Å². The van der Waals surface area contributed by atoms with Gasteiger partial charge in [-0.15, -0.1) is 0 Å². The molecule has 2 aromatic rings. The lowest BCUT2D eigenvalue weighted by molar-refractivity contribution is 0.168. The van der Waals surface area contributed by atoms with E-state index in [4.69, 9.17) is 4.42 Å². The summed E-state index contributed by atoms with van der Waals surface area (Å²) in [5.41, 5.74) is 5.31. The molecule has 2 rings (SSSR count). The quantitative estimate of drug-likeness (QED) is 0.837. The molecular weight excluding hydrogens is 326 g/mol. The number of nitrogens with one attached hydrogen (secondary N) is 1. The topological polar surface area (TPSA) is 79.5 Å². The third kappa shape index (κ3) is 3.55. The van der Waals surface area contributed by atoms with Crippen LogP contribution in [0.4, 0.5) is 0 Å². The predicted octanol–water partition coefficient (Wildman–Crippen LogP) is 3.22. The van der Waals surface area contributed by atoms with Crippen LogP contribution in [0.25, 0.3) is 0 Å². The molecule has 6 heteroatoms. The first-order chi connectivity index (χ1) is 11.2. The molecule has 1 aromatic heterocycles. The third-order valence-electron chi connectivity index (χ3n) is 4.84. The number of furan rings is 1. The highest BCUT2D eigenvalue weighted by molar-refractivity contribution is 7.89. The Balaban J connectivity index is 2.19. The Bertz CT molecular complexity index is 794. The number of aliphatic hydroxyl groups excluding tert-OH is 1. The van der Waals surface area contributed by atoms with Gasteiger partial charge in [-0.05, 0) is 74.9 Å². The molecule has 0 spiro atoms. The van der Waals surface area contributed by atoms with Crippen molar-refractivity contribution in [2.24, 2.45) is 0 Å². The van der Waals surface area contributed by atoms with Gasteiger partial charge in [-0.2, -0.15) is 0 Å². The van der Waals surface area contributed by atoms with Crippen molar-refractivity contribution in [1.29, 1.82) is 0 Å². The van der Waals surface area contributed by atoms with E-state index in [1.54, 1.807) is 6.07 Å². The van der Waals surface area contributed by atoms with Crippen molar-refractivity contribution in [3.63, 3.8) is 0 Å². The molecule has 1 unspecified atom stereocenters. The maximum absolute atomic E-state index is 12.7. The van der Waals surface area contributed by atoms with Gasteiger partial charge in [0.15, 0.2) is 0 Å². The molecule has 0 bridgehead atoms. The van der Waals surface area contributed by atoms with Crippen LogP contribution < -0.4 is 4.72 Å². The molecule has 132 valence electrons. The number of aliphatic hydroxyl groups is 1. The first-order valence-corrected chi connectivity index (χ1v) is 9.42. The maximum Gasteiger partial charge on any atom is 0.241 e. The van der Waals surface area contributed by atoms with Gasteiger partial charge in [-0.1, -0.05) is 0 Å². The number of sulfonamides is 1. The van der Waals surface area contributed by atoms with Gasteiger partial charge in [0.05, 0.1) is 23.5 Å². The minimum atomic E-state index is -3.63. The second-order valence-corrected chi connectivity index (χ2v) is 7.92. The van der Waals surface area contributed by atoms with E-state index in [1.807, 2.05) is 34.6 Å². The summed E-state index contributed by atoms with van der Waals surface area (Å²) in [5, 5.41) is 10.0. The second kappa shape index (κ2) is 7.09. The molecule has 2 N–H and O–H groups in total. The molecule has 1 atom stereocenters. The molecule has 24 heavy (non-hydrogen) atoms. The fourth-order valence-corrected chi connectivity index (χ4v) is 4.55. The lowest BCUT2D eigenvalue weighted by Gasteiger charge is -2.19. The van der Waals surface area contributed by atoms with E-state index in [2.05, 4.69) is 4.72 Å². The van der Waals surface area contributed by atoms with E-state index in [9.17, 15) is 13.5 Å². The first-order valence-electron chi connectivity index (χ1n) is 7.93. The minimum absolute atomic E-state index is 0.152. The zero-order valence-corrected chi connectivity index (χ0v) is 15.6. The summed E-state index contributed by atoms with van der Waals surface area (Å²) in [5.74, 6) is 0. The van der Waals surface area contributed by atoms with Crippen LogP contribution in [0.5, 0.6) is 0 Å². The molecule has 0 fully saturated rings. The summed E-state index contributed by atoms with van der Waals surface area (Å²) in [6.45, 7) is 9.72. The van der Waals surface area contributed by atoms with Crippen molar-refractivity contribution < 1.29 is 17.9 Å². The normalized spacial score (nSPS) is 13.2. The van der Waals surface area contributed by atoms with Crippen LogP contribution in [0.15, 0.2) is 27.9 Å². The van der Waals surface area contributed by atoms with Gasteiger partial charge in [-0.3, -0.25) is 0 Å². The largest absolute Gasteiger partial charge is 0.472 e. The summed E-state index contributed by atoms with van der Waals surface area (Å²) >= 11 is 0. The van der Waals surface area contributed by atoms with Crippen molar-refractivity contribution in [3.05, 3.63) is 52.0 Å². The lowest BCUT2D eigenvalue weighted by Crippen LogP contribution is -2.28. The molecule has 5 nitrogen and oxygen atoms in total. The van der Waals surface area contributed by atoms with Gasteiger partial charge in [0.1, 0.15) is 0 Å². The summed E-state index contributed by atoms with van der Waals surface area (Å²) in [7, 11) is -3.63. The Labute approximate surface area is 143 Å². The first kappa shape index (κ1) is 18.7. The van der Waals surface area contributed by atoms with Crippen molar-refractivity contribution >= 4 is 10.0 Å². The van der Waals surface area contributed by atoms with Crippen LogP contribution in [0, 0.1) is 34.6 Å². The van der Waals surface area contributed by atoms with Crippen LogP contribution in [0.1, 0.15) is 45.9 Å². The van der Waals surface area contributed by atoms with E-state index in [0.717, 1.165) is 27.8 Å². The molecule has 0 aliphatic heterocycles. The molecule has 0 amide bonds. The van der Waals surface area contributed by atoms with E-state index >= 15 is 0 Å². The number of hydrogen-bond donors (Lipinski definition) is 2. The highest BCUT2D eigenvalue weighted by Crippen LogP contribution is 2.29. The molecular formula is C18H25NO4S. The maximum atomic E-state index is 12.7. The Morgan fingerprint density at radius 2 is 1.58 bits per heavy atom. The van der Waals surface area contributed by atoms with Crippen molar-refractivity contribution in [1.82, 2.24) is 4.72 Å². The SMILES string of the molecule is Cc1c(C)c(C)c(S(=O)(=O)NCCC(O)c2ccoc2)c(C)c1C. The van der Waals surface area contributed by atoms with Crippen LogP contribution in [0.2, 0.25) is 0 Å². The van der Waals surface area contributed by atoms with Crippen molar-refractivity contribution in [3.8, 4) is 0 Å².